The number of thiazole rings is 1. The van der Waals surface area contributed by atoms with Crippen molar-refractivity contribution in [3.8, 4) is 22.1 Å². The van der Waals surface area contributed by atoms with E-state index in [1.807, 2.05) is 86.6 Å². The molecule has 1 fully saturated rings. The van der Waals surface area contributed by atoms with Crippen molar-refractivity contribution in [3.63, 3.8) is 0 Å². The molecule has 0 saturated heterocycles. The summed E-state index contributed by atoms with van der Waals surface area (Å²) in [6.45, 7) is 4.80. The summed E-state index contributed by atoms with van der Waals surface area (Å²) >= 11 is 1.22. The zero-order valence-corrected chi connectivity index (χ0v) is 22.6. The van der Waals surface area contributed by atoms with Gasteiger partial charge in [0.05, 0.1) is 6.61 Å². The van der Waals surface area contributed by atoms with Gasteiger partial charge in [-0.1, -0.05) is 47.7 Å². The summed E-state index contributed by atoms with van der Waals surface area (Å²) in [7, 11) is 0. The molecule has 200 valence electrons. The minimum atomic E-state index is -0.573. The summed E-state index contributed by atoms with van der Waals surface area (Å²) in [5, 5.41) is 10.0. The number of nitrogens with one attached hydrogen (secondary N) is 3. The van der Waals surface area contributed by atoms with Gasteiger partial charge in [0.1, 0.15) is 11.4 Å². The summed E-state index contributed by atoms with van der Waals surface area (Å²) in [6, 6.07) is 22.9. The van der Waals surface area contributed by atoms with E-state index in [2.05, 4.69) is 16.0 Å². The molecule has 1 aliphatic carbocycles. The third-order valence-electron chi connectivity index (χ3n) is 6.15. The van der Waals surface area contributed by atoms with E-state index in [0.717, 1.165) is 41.0 Å². The first kappa shape index (κ1) is 26.2. The Morgan fingerprint density at radius 3 is 2.51 bits per heavy atom. The van der Waals surface area contributed by atoms with Crippen molar-refractivity contribution in [2.45, 2.75) is 39.3 Å². The molecule has 1 aliphatic rings. The van der Waals surface area contributed by atoms with Gasteiger partial charge < -0.3 is 25.4 Å². The van der Waals surface area contributed by atoms with Gasteiger partial charge in [-0.05, 0) is 74.2 Å². The van der Waals surface area contributed by atoms with Crippen LogP contribution in [0.2, 0.25) is 0 Å². The second-order valence-corrected chi connectivity index (χ2v) is 10.2. The molecule has 4 aromatic rings. The summed E-state index contributed by atoms with van der Waals surface area (Å²) in [4.78, 5) is 30.0. The maximum absolute atomic E-state index is 12.7. The second kappa shape index (κ2) is 12.0. The summed E-state index contributed by atoms with van der Waals surface area (Å²) in [5.74, 6) is 0.656. The first-order valence-corrected chi connectivity index (χ1v) is 13.7. The Balaban J connectivity index is 1.38. The number of aryl methyl sites for hydroxylation is 1. The highest BCUT2D eigenvalue weighted by Gasteiger charge is 2.24. The van der Waals surface area contributed by atoms with E-state index in [0.29, 0.717) is 34.6 Å². The number of ether oxygens (including phenoxy) is 2. The Kier molecular flexibility index (Phi) is 8.07. The number of anilines is 2. The predicted octanol–water partition coefficient (Wildman–Crippen LogP) is 6.44. The maximum atomic E-state index is 12.7. The number of nitrogens with zero attached hydrogens (tertiary/aromatic N) is 1. The van der Waals surface area contributed by atoms with Crippen molar-refractivity contribution < 1.29 is 19.1 Å². The second-order valence-electron chi connectivity index (χ2n) is 9.24. The van der Waals surface area contributed by atoms with Crippen LogP contribution >= 0.6 is 11.3 Å². The molecule has 0 atom stereocenters. The number of hydrogen-bond donors (Lipinski definition) is 3. The van der Waals surface area contributed by atoms with Crippen LogP contribution in [0, 0.1) is 6.92 Å². The average molecular weight is 543 g/mol. The molecule has 3 aromatic carbocycles. The van der Waals surface area contributed by atoms with Crippen LogP contribution in [0.1, 0.15) is 41.3 Å². The molecule has 1 heterocycles. The van der Waals surface area contributed by atoms with Crippen LogP contribution < -0.4 is 25.4 Å². The van der Waals surface area contributed by atoms with Crippen LogP contribution in [0.15, 0.2) is 72.8 Å². The zero-order valence-electron chi connectivity index (χ0n) is 21.8. The Morgan fingerprint density at radius 2 is 1.79 bits per heavy atom. The van der Waals surface area contributed by atoms with Crippen LogP contribution in [-0.2, 0) is 6.54 Å². The van der Waals surface area contributed by atoms with E-state index < -0.39 is 6.09 Å². The van der Waals surface area contributed by atoms with E-state index in [9.17, 15) is 9.59 Å². The molecule has 9 heteroatoms. The van der Waals surface area contributed by atoms with E-state index in [1.165, 1.54) is 11.3 Å². The fraction of sp³-hybridized carbons (Fsp3) is 0.233. The highest BCUT2D eigenvalue weighted by molar-refractivity contribution is 7.18. The smallest absolute Gasteiger partial charge is 0.413 e. The maximum Gasteiger partial charge on any atom is 0.413 e. The Morgan fingerprint density at radius 1 is 1.03 bits per heavy atom. The van der Waals surface area contributed by atoms with E-state index in [-0.39, 0.29) is 11.9 Å². The van der Waals surface area contributed by atoms with Crippen molar-refractivity contribution in [3.05, 3.63) is 89.5 Å². The molecule has 39 heavy (non-hydrogen) atoms. The van der Waals surface area contributed by atoms with Crippen molar-refractivity contribution >= 4 is 34.2 Å². The van der Waals surface area contributed by atoms with Crippen molar-refractivity contribution in [1.29, 1.82) is 0 Å². The lowest BCUT2D eigenvalue weighted by Crippen LogP contribution is -2.26. The standard InChI is InChI=1S/C30H30N4O4S/c1-3-37-24-15-11-21(12-16-24)26-28(38-30(36)31-18-20-7-5-4-6-8-20)39-29(34-26)33-25-17-22(10-9-19(25)2)27(35)32-23-13-14-23/h4-12,15-17,23H,3,13-14,18H2,1-2H3,(H,31,36)(H,32,35)(H,33,34). The normalized spacial score (nSPS) is 12.5. The van der Waals surface area contributed by atoms with Gasteiger partial charge in [0.2, 0.25) is 5.06 Å². The van der Waals surface area contributed by atoms with Gasteiger partial charge in [0.25, 0.3) is 5.91 Å². The number of amides is 2. The first-order chi connectivity index (χ1) is 19.0. The monoisotopic (exact) mass is 542 g/mol. The lowest BCUT2D eigenvalue weighted by Gasteiger charge is -2.10. The van der Waals surface area contributed by atoms with Gasteiger partial charge in [0.15, 0.2) is 5.13 Å². The number of rotatable bonds is 10. The third kappa shape index (κ3) is 6.94. The molecule has 2 amide bonds. The number of benzene rings is 3. The Bertz CT molecular complexity index is 1450. The van der Waals surface area contributed by atoms with Crippen LogP contribution in [0.5, 0.6) is 10.8 Å². The molecule has 0 radical (unpaired) electrons. The minimum absolute atomic E-state index is 0.0890. The molecular formula is C30H30N4O4S. The van der Waals surface area contributed by atoms with Gasteiger partial charge in [0, 0.05) is 29.4 Å². The molecule has 0 aliphatic heterocycles. The summed E-state index contributed by atoms with van der Waals surface area (Å²) in [6.07, 6.45) is 1.48. The highest BCUT2D eigenvalue weighted by atomic mass is 32.1. The lowest BCUT2D eigenvalue weighted by molar-refractivity contribution is 0.0951. The molecule has 8 nitrogen and oxygen atoms in total. The number of aromatic nitrogens is 1. The van der Waals surface area contributed by atoms with Crippen molar-refractivity contribution in [2.75, 3.05) is 11.9 Å². The van der Waals surface area contributed by atoms with E-state index in [4.69, 9.17) is 14.5 Å². The Labute approximate surface area is 231 Å². The number of carbonyl (C=O) groups excluding carboxylic acids is 2. The average Bonchev–Trinajstić information content (AvgIpc) is 3.68. The molecule has 1 saturated carbocycles. The SMILES string of the molecule is CCOc1ccc(-c2nc(Nc3cc(C(=O)NC4CC4)ccc3C)sc2OC(=O)NCc2ccccc2)cc1. The van der Waals surface area contributed by atoms with Gasteiger partial charge in [-0.15, -0.1) is 0 Å². The molecule has 0 spiro atoms. The van der Waals surface area contributed by atoms with Crippen LogP contribution in [0.4, 0.5) is 15.6 Å². The summed E-state index contributed by atoms with van der Waals surface area (Å²) in [5.41, 5.74) is 4.57. The number of carbonyl (C=O) groups is 2. The zero-order chi connectivity index (χ0) is 27.2. The van der Waals surface area contributed by atoms with Crippen LogP contribution in [0.3, 0.4) is 0 Å². The molecule has 0 bridgehead atoms. The third-order valence-corrected chi connectivity index (χ3v) is 7.00. The first-order valence-electron chi connectivity index (χ1n) is 12.9. The van der Waals surface area contributed by atoms with Crippen LogP contribution in [0.25, 0.3) is 11.3 Å². The highest BCUT2D eigenvalue weighted by Crippen LogP contribution is 2.40. The molecule has 3 N–H and O–H groups in total. The largest absolute Gasteiger partial charge is 0.494 e. The van der Waals surface area contributed by atoms with Crippen molar-refractivity contribution in [1.82, 2.24) is 15.6 Å². The Hall–Kier alpha value is -4.37. The van der Waals surface area contributed by atoms with Gasteiger partial charge in [-0.3, -0.25) is 4.79 Å². The molecule has 0 unspecified atom stereocenters. The lowest BCUT2D eigenvalue weighted by atomic mass is 10.1. The van der Waals surface area contributed by atoms with Crippen molar-refractivity contribution in [2.24, 2.45) is 0 Å². The quantitative estimate of drug-likeness (QED) is 0.213. The topological polar surface area (TPSA) is 102 Å². The predicted molar refractivity (Wildman–Crippen MR) is 153 cm³/mol. The summed E-state index contributed by atoms with van der Waals surface area (Å²) < 4.78 is 11.3. The number of hydrogen-bond acceptors (Lipinski definition) is 7. The molecule has 1 aromatic heterocycles. The van der Waals surface area contributed by atoms with E-state index >= 15 is 0 Å². The molecular weight excluding hydrogens is 512 g/mol. The molecule has 5 rings (SSSR count). The van der Waals surface area contributed by atoms with E-state index in [1.54, 1.807) is 0 Å². The fourth-order valence-corrected chi connectivity index (χ4v) is 4.74. The van der Waals surface area contributed by atoms with Gasteiger partial charge in [-0.25, -0.2) is 9.78 Å². The van der Waals surface area contributed by atoms with Gasteiger partial charge >= 0.3 is 6.09 Å². The van der Waals surface area contributed by atoms with Gasteiger partial charge in [-0.2, -0.15) is 0 Å². The van der Waals surface area contributed by atoms with Crippen LogP contribution in [-0.4, -0.2) is 29.6 Å². The minimum Gasteiger partial charge on any atom is -0.494 e. The fourth-order valence-electron chi connectivity index (χ4n) is 3.89.